The normalized spacial score (nSPS) is 10.8. The van der Waals surface area contributed by atoms with E-state index >= 15 is 0 Å². The van der Waals surface area contributed by atoms with E-state index in [2.05, 4.69) is 47.8 Å². The first-order valence-electron chi connectivity index (χ1n) is 6.17. The maximum Gasteiger partial charge on any atom is 0.242 e. The smallest absolute Gasteiger partial charge is 0.242 e. The minimum Gasteiger partial charge on any atom is -0.437 e. The molecule has 0 saturated carbocycles. The zero-order valence-electron chi connectivity index (χ0n) is 11.3. The topological polar surface area (TPSA) is 48.1 Å². The molecule has 3 nitrogen and oxygen atoms in total. The van der Waals surface area contributed by atoms with Crippen LogP contribution in [0.25, 0.3) is 0 Å². The maximum absolute atomic E-state index is 5.87. The number of nitrogen functional groups attached to an aromatic ring is 1. The van der Waals surface area contributed by atoms with E-state index in [0.717, 1.165) is 10.2 Å². The van der Waals surface area contributed by atoms with E-state index in [1.54, 1.807) is 12.3 Å². The highest BCUT2D eigenvalue weighted by molar-refractivity contribution is 9.10. The Morgan fingerprint density at radius 2 is 2.00 bits per heavy atom. The van der Waals surface area contributed by atoms with Crippen LogP contribution in [0.1, 0.15) is 30.9 Å². The second-order valence-electron chi connectivity index (χ2n) is 4.82. The van der Waals surface area contributed by atoms with E-state index in [1.165, 1.54) is 11.1 Å². The summed E-state index contributed by atoms with van der Waals surface area (Å²) in [4.78, 5) is 4.17. The number of hydrogen-bond acceptors (Lipinski definition) is 3. The average Bonchev–Trinajstić information content (AvgIpc) is 2.32. The lowest BCUT2D eigenvalue weighted by atomic mass is 9.98. The molecule has 0 aliphatic heterocycles. The van der Waals surface area contributed by atoms with Gasteiger partial charge in [-0.3, -0.25) is 0 Å². The minimum atomic E-state index is 0.430. The van der Waals surface area contributed by atoms with Gasteiger partial charge in [-0.05, 0) is 58.1 Å². The number of hydrogen-bond donors (Lipinski definition) is 1. The van der Waals surface area contributed by atoms with Crippen LogP contribution >= 0.6 is 15.9 Å². The van der Waals surface area contributed by atoms with Crippen LogP contribution in [0.5, 0.6) is 11.6 Å². The molecule has 1 aromatic carbocycles. The summed E-state index contributed by atoms with van der Waals surface area (Å²) in [7, 11) is 0. The van der Waals surface area contributed by atoms with Crippen molar-refractivity contribution in [1.29, 1.82) is 0 Å². The molecule has 19 heavy (non-hydrogen) atoms. The van der Waals surface area contributed by atoms with Gasteiger partial charge in [0.25, 0.3) is 0 Å². The Hall–Kier alpha value is -1.55. The Bertz CT molecular complexity index is 597. The molecule has 2 rings (SSSR count). The summed E-state index contributed by atoms with van der Waals surface area (Å²) in [6.45, 7) is 6.44. The van der Waals surface area contributed by atoms with E-state index in [1.807, 2.05) is 12.1 Å². The molecule has 0 unspecified atom stereocenters. The van der Waals surface area contributed by atoms with Crippen LogP contribution < -0.4 is 10.5 Å². The molecule has 0 fully saturated rings. The lowest BCUT2D eigenvalue weighted by molar-refractivity contribution is 0.464. The molecule has 1 aromatic heterocycles. The van der Waals surface area contributed by atoms with Crippen molar-refractivity contribution in [2.45, 2.75) is 26.7 Å². The fraction of sp³-hybridized carbons (Fsp3) is 0.267. The van der Waals surface area contributed by atoms with Crippen molar-refractivity contribution in [3.8, 4) is 11.6 Å². The number of ether oxygens (including phenoxy) is 1. The van der Waals surface area contributed by atoms with Crippen LogP contribution in [0.2, 0.25) is 0 Å². The molecule has 2 aromatic rings. The molecule has 2 N–H and O–H groups in total. The highest BCUT2D eigenvalue weighted by Crippen LogP contribution is 2.29. The van der Waals surface area contributed by atoms with Gasteiger partial charge >= 0.3 is 0 Å². The Balaban J connectivity index is 2.26. The van der Waals surface area contributed by atoms with Crippen molar-refractivity contribution in [2.75, 3.05) is 5.73 Å². The summed E-state index contributed by atoms with van der Waals surface area (Å²) < 4.78 is 6.56. The number of anilines is 1. The fourth-order valence-electron chi connectivity index (χ4n) is 2.00. The summed E-state index contributed by atoms with van der Waals surface area (Å²) >= 11 is 3.32. The number of rotatable bonds is 3. The van der Waals surface area contributed by atoms with Crippen LogP contribution in [0.15, 0.2) is 34.9 Å². The number of pyridine rings is 1. The van der Waals surface area contributed by atoms with Gasteiger partial charge in [-0.15, -0.1) is 0 Å². The van der Waals surface area contributed by atoms with Gasteiger partial charge in [0.2, 0.25) is 5.88 Å². The molecular formula is C15H17BrN2O. The molecule has 0 bridgehead atoms. The van der Waals surface area contributed by atoms with Gasteiger partial charge in [0.05, 0.1) is 5.69 Å². The van der Waals surface area contributed by atoms with Gasteiger partial charge in [-0.2, -0.15) is 0 Å². The van der Waals surface area contributed by atoms with Crippen molar-refractivity contribution < 1.29 is 4.74 Å². The molecule has 0 saturated heterocycles. The predicted octanol–water partition coefficient (Wildman–Crippen LogP) is 4.65. The number of benzene rings is 1. The molecule has 0 spiro atoms. The lowest BCUT2D eigenvalue weighted by Gasteiger charge is -2.12. The van der Waals surface area contributed by atoms with Crippen LogP contribution in [-0.2, 0) is 0 Å². The van der Waals surface area contributed by atoms with Crippen LogP contribution in [0.4, 0.5) is 5.69 Å². The first-order chi connectivity index (χ1) is 8.97. The molecule has 0 aliphatic rings. The molecule has 0 amide bonds. The third-order valence-corrected chi connectivity index (χ3v) is 3.36. The molecule has 1 heterocycles. The van der Waals surface area contributed by atoms with E-state index in [0.29, 0.717) is 17.5 Å². The zero-order valence-corrected chi connectivity index (χ0v) is 12.9. The molecule has 0 aliphatic carbocycles. The third kappa shape index (κ3) is 3.26. The predicted molar refractivity (Wildman–Crippen MR) is 81.7 cm³/mol. The summed E-state index contributed by atoms with van der Waals surface area (Å²) in [6.07, 6.45) is 1.67. The molecule has 100 valence electrons. The van der Waals surface area contributed by atoms with E-state index in [-0.39, 0.29) is 0 Å². The standard InChI is InChI=1S/C15H17BrN2O/c1-9(2)13-5-4-12(6-10(13)3)19-15-14(17)7-11(16)8-18-15/h4-9H,17H2,1-3H3. The van der Waals surface area contributed by atoms with Crippen molar-refractivity contribution in [3.63, 3.8) is 0 Å². The summed E-state index contributed by atoms with van der Waals surface area (Å²) in [6, 6.07) is 7.83. The number of nitrogens with zero attached hydrogens (tertiary/aromatic N) is 1. The molecule has 0 atom stereocenters. The highest BCUT2D eigenvalue weighted by atomic mass is 79.9. The third-order valence-electron chi connectivity index (χ3n) is 2.92. The van der Waals surface area contributed by atoms with Crippen LogP contribution in [0.3, 0.4) is 0 Å². The van der Waals surface area contributed by atoms with Gasteiger partial charge in [0.1, 0.15) is 5.75 Å². The second kappa shape index (κ2) is 5.61. The number of nitrogens with two attached hydrogens (primary N) is 1. The van der Waals surface area contributed by atoms with E-state index in [4.69, 9.17) is 10.5 Å². The number of aromatic nitrogens is 1. The van der Waals surface area contributed by atoms with Crippen LogP contribution in [-0.4, -0.2) is 4.98 Å². The summed E-state index contributed by atoms with van der Waals surface area (Å²) in [5.41, 5.74) is 8.92. The SMILES string of the molecule is Cc1cc(Oc2ncc(Br)cc2N)ccc1C(C)C. The number of aryl methyl sites for hydroxylation is 1. The van der Waals surface area contributed by atoms with Gasteiger partial charge in [-0.1, -0.05) is 19.9 Å². The second-order valence-corrected chi connectivity index (χ2v) is 5.74. The highest BCUT2D eigenvalue weighted by Gasteiger charge is 2.08. The van der Waals surface area contributed by atoms with Crippen molar-refractivity contribution in [3.05, 3.63) is 46.1 Å². The van der Waals surface area contributed by atoms with Crippen LogP contribution in [0, 0.1) is 6.92 Å². The largest absolute Gasteiger partial charge is 0.437 e. The maximum atomic E-state index is 5.87. The van der Waals surface area contributed by atoms with Gasteiger partial charge < -0.3 is 10.5 Å². The average molecular weight is 321 g/mol. The number of halogens is 1. The van der Waals surface area contributed by atoms with Gasteiger partial charge in [0, 0.05) is 10.7 Å². The Morgan fingerprint density at radius 1 is 1.26 bits per heavy atom. The Labute approximate surface area is 121 Å². The molecule has 0 radical (unpaired) electrons. The molecule has 4 heteroatoms. The quantitative estimate of drug-likeness (QED) is 0.895. The van der Waals surface area contributed by atoms with Crippen molar-refractivity contribution in [1.82, 2.24) is 4.98 Å². The fourth-order valence-corrected chi connectivity index (χ4v) is 2.35. The first kappa shape index (κ1) is 13.9. The first-order valence-corrected chi connectivity index (χ1v) is 6.96. The van der Waals surface area contributed by atoms with Gasteiger partial charge in [0.15, 0.2) is 0 Å². The summed E-state index contributed by atoms with van der Waals surface area (Å²) in [5.74, 6) is 1.69. The molecular weight excluding hydrogens is 304 g/mol. The monoisotopic (exact) mass is 320 g/mol. The Kier molecular flexibility index (Phi) is 4.10. The van der Waals surface area contributed by atoms with Crippen molar-refractivity contribution >= 4 is 21.6 Å². The zero-order chi connectivity index (χ0) is 14.0. The summed E-state index contributed by atoms with van der Waals surface area (Å²) in [5, 5.41) is 0. The van der Waals surface area contributed by atoms with E-state index in [9.17, 15) is 0 Å². The van der Waals surface area contributed by atoms with E-state index < -0.39 is 0 Å². The minimum absolute atomic E-state index is 0.430. The lowest BCUT2D eigenvalue weighted by Crippen LogP contribution is -1.97. The Morgan fingerprint density at radius 3 is 2.58 bits per heavy atom. The van der Waals surface area contributed by atoms with Gasteiger partial charge in [-0.25, -0.2) is 4.98 Å². The van der Waals surface area contributed by atoms with Crippen molar-refractivity contribution in [2.24, 2.45) is 0 Å².